The highest BCUT2D eigenvalue weighted by molar-refractivity contribution is 5.92. The first-order valence-corrected chi connectivity index (χ1v) is 8.84. The fourth-order valence-electron chi connectivity index (χ4n) is 3.46. The highest BCUT2D eigenvalue weighted by Gasteiger charge is 2.26. The lowest BCUT2D eigenvalue weighted by Crippen LogP contribution is -2.51. The molecule has 1 saturated carbocycles. The summed E-state index contributed by atoms with van der Waals surface area (Å²) >= 11 is 0. The van der Waals surface area contributed by atoms with Gasteiger partial charge in [-0.05, 0) is 25.7 Å². The van der Waals surface area contributed by atoms with Gasteiger partial charge in [0.2, 0.25) is 0 Å². The number of rotatable bonds is 3. The molecular formula is C17H25N5O2. The van der Waals surface area contributed by atoms with Crippen LogP contribution in [0, 0.1) is 0 Å². The van der Waals surface area contributed by atoms with Gasteiger partial charge in [-0.25, -0.2) is 9.78 Å². The molecule has 1 aliphatic carbocycles. The Bertz CT molecular complexity index is 551. The number of hydrogen-bond acceptors (Lipinski definition) is 4. The number of amides is 3. The normalized spacial score (nSPS) is 19.8. The summed E-state index contributed by atoms with van der Waals surface area (Å²) in [6.45, 7) is 1.26. The van der Waals surface area contributed by atoms with Crippen LogP contribution in [-0.2, 0) is 0 Å². The van der Waals surface area contributed by atoms with Gasteiger partial charge >= 0.3 is 6.03 Å². The first-order chi connectivity index (χ1) is 11.7. The maximum Gasteiger partial charge on any atom is 0.315 e. The van der Waals surface area contributed by atoms with E-state index in [1.807, 2.05) is 0 Å². The van der Waals surface area contributed by atoms with Crippen molar-refractivity contribution >= 4 is 11.9 Å². The van der Waals surface area contributed by atoms with Crippen molar-refractivity contribution in [3.63, 3.8) is 0 Å². The van der Waals surface area contributed by atoms with Gasteiger partial charge < -0.3 is 15.5 Å². The highest BCUT2D eigenvalue weighted by Crippen LogP contribution is 2.17. The van der Waals surface area contributed by atoms with Crippen LogP contribution in [0.5, 0.6) is 0 Å². The van der Waals surface area contributed by atoms with Crippen molar-refractivity contribution in [1.82, 2.24) is 25.5 Å². The average Bonchev–Trinajstić information content (AvgIpc) is 2.63. The molecule has 0 spiro atoms. The number of piperidine rings is 1. The van der Waals surface area contributed by atoms with Crippen molar-refractivity contribution in [1.29, 1.82) is 0 Å². The number of likely N-dealkylation sites (tertiary alicyclic amines) is 1. The molecule has 7 heteroatoms. The van der Waals surface area contributed by atoms with Crippen LogP contribution >= 0.6 is 0 Å². The van der Waals surface area contributed by atoms with E-state index in [1.54, 1.807) is 11.1 Å². The molecule has 7 nitrogen and oxygen atoms in total. The summed E-state index contributed by atoms with van der Waals surface area (Å²) in [4.78, 5) is 34.2. The van der Waals surface area contributed by atoms with E-state index >= 15 is 0 Å². The molecule has 2 aliphatic rings. The maximum atomic E-state index is 12.3. The average molecular weight is 331 g/mol. The quantitative estimate of drug-likeness (QED) is 0.883. The second kappa shape index (κ2) is 8.08. The number of nitrogens with zero attached hydrogens (tertiary/aromatic N) is 3. The Balaban J connectivity index is 1.41. The third-order valence-electron chi connectivity index (χ3n) is 4.84. The zero-order valence-corrected chi connectivity index (χ0v) is 13.9. The van der Waals surface area contributed by atoms with Crippen molar-refractivity contribution in [3.05, 3.63) is 24.3 Å². The van der Waals surface area contributed by atoms with Gasteiger partial charge in [0.1, 0.15) is 5.69 Å². The summed E-state index contributed by atoms with van der Waals surface area (Å²) in [5.41, 5.74) is 0.374. The van der Waals surface area contributed by atoms with Crippen LogP contribution in [0.15, 0.2) is 18.6 Å². The summed E-state index contributed by atoms with van der Waals surface area (Å²) in [5, 5.41) is 6.13. The van der Waals surface area contributed by atoms with E-state index in [-0.39, 0.29) is 18.0 Å². The van der Waals surface area contributed by atoms with E-state index < -0.39 is 0 Å². The Morgan fingerprint density at radius 3 is 2.25 bits per heavy atom. The van der Waals surface area contributed by atoms with Crippen LogP contribution < -0.4 is 10.6 Å². The van der Waals surface area contributed by atoms with Gasteiger partial charge in [0.25, 0.3) is 5.91 Å². The van der Waals surface area contributed by atoms with Crippen LogP contribution in [0.1, 0.15) is 55.4 Å². The van der Waals surface area contributed by atoms with Gasteiger partial charge in [-0.3, -0.25) is 9.78 Å². The lowest BCUT2D eigenvalue weighted by atomic mass is 9.96. The number of nitrogens with one attached hydrogen (secondary N) is 2. The zero-order valence-electron chi connectivity index (χ0n) is 13.9. The molecular weight excluding hydrogens is 306 g/mol. The fourth-order valence-corrected chi connectivity index (χ4v) is 3.46. The molecule has 0 radical (unpaired) electrons. The van der Waals surface area contributed by atoms with Gasteiger partial charge in [-0.15, -0.1) is 0 Å². The molecule has 0 unspecified atom stereocenters. The Hall–Kier alpha value is -2.18. The summed E-state index contributed by atoms with van der Waals surface area (Å²) in [7, 11) is 0. The Morgan fingerprint density at radius 1 is 0.958 bits per heavy atom. The molecule has 2 heterocycles. The standard InChI is InChI=1S/C17H25N5O2/c23-16(15-12-18-8-9-19-15)22-10-6-14(7-11-22)21-17(24)20-13-4-2-1-3-5-13/h8-9,12-14H,1-7,10-11H2,(H2,20,21,24). The van der Waals surface area contributed by atoms with Gasteiger partial charge in [0, 0.05) is 37.6 Å². The first-order valence-electron chi connectivity index (χ1n) is 8.84. The van der Waals surface area contributed by atoms with Crippen molar-refractivity contribution in [2.75, 3.05) is 13.1 Å². The van der Waals surface area contributed by atoms with E-state index in [0.29, 0.717) is 24.8 Å². The maximum absolute atomic E-state index is 12.3. The molecule has 1 aromatic rings. The van der Waals surface area contributed by atoms with Crippen LogP contribution in [-0.4, -0.2) is 52.0 Å². The largest absolute Gasteiger partial charge is 0.337 e. The Labute approximate surface area is 142 Å². The Kier molecular flexibility index (Phi) is 5.61. The van der Waals surface area contributed by atoms with E-state index in [1.165, 1.54) is 31.7 Å². The van der Waals surface area contributed by atoms with E-state index in [9.17, 15) is 9.59 Å². The molecule has 3 rings (SSSR count). The smallest absolute Gasteiger partial charge is 0.315 e. The molecule has 1 saturated heterocycles. The molecule has 130 valence electrons. The second-order valence-corrected chi connectivity index (χ2v) is 6.61. The monoisotopic (exact) mass is 331 g/mol. The molecule has 0 aromatic carbocycles. The van der Waals surface area contributed by atoms with Crippen LogP contribution in [0.3, 0.4) is 0 Å². The molecule has 1 aliphatic heterocycles. The first kappa shape index (κ1) is 16.7. The minimum absolute atomic E-state index is 0.0689. The number of aromatic nitrogens is 2. The lowest BCUT2D eigenvalue weighted by Gasteiger charge is -2.32. The number of hydrogen-bond donors (Lipinski definition) is 2. The fraction of sp³-hybridized carbons (Fsp3) is 0.647. The predicted molar refractivity (Wildman–Crippen MR) is 89.5 cm³/mol. The summed E-state index contributed by atoms with van der Waals surface area (Å²) < 4.78 is 0. The van der Waals surface area contributed by atoms with Crippen molar-refractivity contribution in [3.8, 4) is 0 Å². The number of urea groups is 1. The second-order valence-electron chi connectivity index (χ2n) is 6.61. The van der Waals surface area contributed by atoms with Gasteiger partial charge in [-0.2, -0.15) is 0 Å². The Morgan fingerprint density at radius 2 is 1.62 bits per heavy atom. The van der Waals surface area contributed by atoms with Crippen LogP contribution in [0.4, 0.5) is 4.79 Å². The minimum Gasteiger partial charge on any atom is -0.337 e. The highest BCUT2D eigenvalue weighted by atomic mass is 16.2. The molecule has 2 N–H and O–H groups in total. The minimum atomic E-state index is -0.0896. The zero-order chi connectivity index (χ0) is 16.8. The van der Waals surface area contributed by atoms with Gasteiger partial charge in [-0.1, -0.05) is 19.3 Å². The van der Waals surface area contributed by atoms with E-state index in [2.05, 4.69) is 20.6 Å². The van der Waals surface area contributed by atoms with Crippen LogP contribution in [0.25, 0.3) is 0 Å². The topological polar surface area (TPSA) is 87.2 Å². The lowest BCUT2D eigenvalue weighted by molar-refractivity contribution is 0.0701. The molecule has 24 heavy (non-hydrogen) atoms. The van der Waals surface area contributed by atoms with E-state index in [0.717, 1.165) is 25.7 Å². The third-order valence-corrected chi connectivity index (χ3v) is 4.84. The summed E-state index contributed by atoms with van der Waals surface area (Å²) in [6.07, 6.45) is 11.9. The predicted octanol–water partition coefficient (Wildman–Crippen LogP) is 1.71. The molecule has 0 bridgehead atoms. The van der Waals surface area contributed by atoms with Crippen molar-refractivity contribution < 1.29 is 9.59 Å². The number of carbonyl (C=O) groups excluding carboxylic acids is 2. The van der Waals surface area contributed by atoms with Gasteiger partial charge in [0.05, 0.1) is 6.20 Å². The molecule has 2 fully saturated rings. The van der Waals surface area contributed by atoms with Crippen molar-refractivity contribution in [2.24, 2.45) is 0 Å². The van der Waals surface area contributed by atoms with Crippen LogP contribution in [0.2, 0.25) is 0 Å². The summed E-state index contributed by atoms with van der Waals surface area (Å²) in [5.74, 6) is -0.0896. The third kappa shape index (κ3) is 4.43. The number of carbonyl (C=O) groups is 2. The molecule has 3 amide bonds. The molecule has 1 aromatic heterocycles. The summed E-state index contributed by atoms with van der Waals surface area (Å²) in [6, 6.07) is 0.372. The SMILES string of the molecule is O=C(NC1CCCCC1)NC1CCN(C(=O)c2cnccn2)CC1. The van der Waals surface area contributed by atoms with Crippen molar-refractivity contribution in [2.45, 2.75) is 57.0 Å². The molecule has 0 atom stereocenters. The van der Waals surface area contributed by atoms with E-state index in [4.69, 9.17) is 0 Å². The van der Waals surface area contributed by atoms with Gasteiger partial charge in [0.15, 0.2) is 0 Å².